The van der Waals surface area contributed by atoms with Crippen molar-refractivity contribution < 1.29 is 8.42 Å². The summed E-state index contributed by atoms with van der Waals surface area (Å²) in [7, 11) is -3.59. The fourth-order valence-electron chi connectivity index (χ4n) is 1.63. The van der Waals surface area contributed by atoms with E-state index in [1.54, 1.807) is 41.2 Å². The average Bonchev–Trinajstić information content (AvgIpc) is 2.96. The number of nitrogens with zero attached hydrogens (tertiary/aromatic N) is 2. The summed E-state index contributed by atoms with van der Waals surface area (Å²) in [6.45, 7) is 0. The van der Waals surface area contributed by atoms with E-state index in [1.165, 1.54) is 6.07 Å². The summed E-state index contributed by atoms with van der Waals surface area (Å²) in [6, 6.07) is 8.18. The molecule has 98 valence electrons. The second-order valence-corrected chi connectivity index (χ2v) is 7.40. The van der Waals surface area contributed by atoms with E-state index >= 15 is 0 Å². The first-order chi connectivity index (χ1) is 9.04. The minimum absolute atomic E-state index is 0.186. The third kappa shape index (κ3) is 2.44. The quantitative estimate of drug-likeness (QED) is 0.808. The topological polar surface area (TPSA) is 63.5 Å². The van der Waals surface area contributed by atoms with E-state index in [1.807, 2.05) is 0 Å². The first-order valence-corrected chi connectivity index (χ1v) is 7.94. The van der Waals surface area contributed by atoms with Crippen LogP contribution in [0.4, 0.5) is 5.69 Å². The fourth-order valence-corrected chi connectivity index (χ4v) is 4.16. The molecule has 0 atom stereocenters. The molecule has 1 N–H and O–H groups in total. The molecule has 0 radical (unpaired) electrons. The predicted octanol–water partition coefficient (Wildman–Crippen LogP) is 2.85. The summed E-state index contributed by atoms with van der Waals surface area (Å²) >= 11 is 6.76. The van der Waals surface area contributed by atoms with Gasteiger partial charge in [0.25, 0.3) is 10.0 Å². The molecular weight excluding hydrogens is 306 g/mol. The molecule has 5 nitrogen and oxygen atoms in total. The number of fused-ring (bicyclic) bond motifs is 1. The van der Waals surface area contributed by atoms with Gasteiger partial charge in [0.2, 0.25) is 0 Å². The molecule has 0 aliphatic heterocycles. The zero-order valence-corrected chi connectivity index (χ0v) is 11.8. The molecule has 3 rings (SSSR count). The molecule has 0 unspecified atom stereocenters. The van der Waals surface area contributed by atoms with Gasteiger partial charge < -0.3 is 0 Å². The molecule has 0 aromatic carbocycles. The van der Waals surface area contributed by atoms with Crippen molar-refractivity contribution in [1.82, 2.24) is 9.61 Å². The SMILES string of the molecule is O=S(=O)(Nc1ccn2nccc2c1)c1ccc(Cl)s1. The van der Waals surface area contributed by atoms with Crippen molar-refractivity contribution >= 4 is 44.2 Å². The van der Waals surface area contributed by atoms with Crippen LogP contribution in [0, 0.1) is 0 Å². The molecule has 0 aliphatic carbocycles. The zero-order chi connectivity index (χ0) is 13.5. The molecule has 19 heavy (non-hydrogen) atoms. The van der Waals surface area contributed by atoms with Gasteiger partial charge in [0.15, 0.2) is 0 Å². The summed E-state index contributed by atoms with van der Waals surface area (Å²) in [5.74, 6) is 0. The number of rotatable bonds is 3. The first kappa shape index (κ1) is 12.5. The Labute approximate surface area is 118 Å². The smallest absolute Gasteiger partial charge is 0.271 e. The molecule has 3 heterocycles. The van der Waals surface area contributed by atoms with Crippen LogP contribution in [0.25, 0.3) is 5.52 Å². The van der Waals surface area contributed by atoms with Gasteiger partial charge in [0, 0.05) is 12.4 Å². The molecule has 0 amide bonds. The standard InChI is InChI=1S/C11H8ClN3O2S2/c12-10-1-2-11(18-10)19(16,17)14-8-4-6-15-9(7-8)3-5-13-15/h1-7,14H. The molecule has 0 bridgehead atoms. The van der Waals surface area contributed by atoms with Crippen molar-refractivity contribution in [2.45, 2.75) is 4.21 Å². The van der Waals surface area contributed by atoms with E-state index in [-0.39, 0.29) is 4.21 Å². The number of halogens is 1. The van der Waals surface area contributed by atoms with E-state index in [9.17, 15) is 8.42 Å². The monoisotopic (exact) mass is 313 g/mol. The number of thiophene rings is 1. The average molecular weight is 314 g/mol. The van der Waals surface area contributed by atoms with E-state index in [0.717, 1.165) is 16.9 Å². The van der Waals surface area contributed by atoms with Crippen LogP contribution in [0.15, 0.2) is 46.9 Å². The van der Waals surface area contributed by atoms with Crippen molar-refractivity contribution in [3.05, 3.63) is 47.1 Å². The van der Waals surface area contributed by atoms with Crippen LogP contribution in [0.5, 0.6) is 0 Å². The van der Waals surface area contributed by atoms with Gasteiger partial charge >= 0.3 is 0 Å². The molecule has 0 saturated carbocycles. The molecule has 3 aromatic heterocycles. The third-order valence-electron chi connectivity index (χ3n) is 2.47. The van der Waals surface area contributed by atoms with Crippen molar-refractivity contribution in [2.24, 2.45) is 0 Å². The lowest BCUT2D eigenvalue weighted by molar-refractivity contribution is 0.603. The normalized spacial score (nSPS) is 11.8. The molecule has 3 aromatic rings. The van der Waals surface area contributed by atoms with Gasteiger partial charge in [-0.05, 0) is 30.3 Å². The summed E-state index contributed by atoms with van der Waals surface area (Å²) < 4.78 is 29.0. The van der Waals surface area contributed by atoms with Crippen molar-refractivity contribution in [1.29, 1.82) is 0 Å². The van der Waals surface area contributed by atoms with Crippen LogP contribution >= 0.6 is 22.9 Å². The maximum Gasteiger partial charge on any atom is 0.271 e. The lowest BCUT2D eigenvalue weighted by Crippen LogP contribution is -2.11. The summed E-state index contributed by atoms with van der Waals surface area (Å²) in [4.78, 5) is 0. The lowest BCUT2D eigenvalue weighted by Gasteiger charge is -2.06. The van der Waals surface area contributed by atoms with Gasteiger partial charge in [0.1, 0.15) is 4.21 Å². The first-order valence-electron chi connectivity index (χ1n) is 5.26. The minimum Gasteiger partial charge on any atom is -0.279 e. The maximum atomic E-state index is 12.1. The fraction of sp³-hybridized carbons (Fsp3) is 0. The number of hydrogen-bond acceptors (Lipinski definition) is 4. The Morgan fingerprint density at radius 1 is 1.26 bits per heavy atom. The van der Waals surface area contributed by atoms with E-state index in [0.29, 0.717) is 10.0 Å². The predicted molar refractivity (Wildman–Crippen MR) is 75.3 cm³/mol. The van der Waals surface area contributed by atoms with Crippen LogP contribution in [0.3, 0.4) is 0 Å². The molecule has 0 saturated heterocycles. The second-order valence-electron chi connectivity index (χ2n) is 3.78. The number of anilines is 1. The van der Waals surface area contributed by atoms with Crippen molar-refractivity contribution in [2.75, 3.05) is 4.72 Å². The molecule has 8 heteroatoms. The highest BCUT2D eigenvalue weighted by atomic mass is 35.5. The van der Waals surface area contributed by atoms with Gasteiger partial charge in [-0.2, -0.15) is 5.10 Å². The van der Waals surface area contributed by atoms with Gasteiger partial charge in [-0.25, -0.2) is 12.9 Å². The number of nitrogens with one attached hydrogen (secondary N) is 1. The van der Waals surface area contributed by atoms with Crippen LogP contribution in [-0.4, -0.2) is 18.0 Å². The van der Waals surface area contributed by atoms with Gasteiger partial charge in [0.05, 0.1) is 15.5 Å². The van der Waals surface area contributed by atoms with Crippen LogP contribution in [0.2, 0.25) is 4.34 Å². The summed E-state index contributed by atoms with van der Waals surface area (Å²) in [6.07, 6.45) is 3.33. The zero-order valence-electron chi connectivity index (χ0n) is 9.45. The minimum atomic E-state index is -3.59. The maximum absolute atomic E-state index is 12.1. The molecule has 0 aliphatic rings. The van der Waals surface area contributed by atoms with Crippen molar-refractivity contribution in [3.63, 3.8) is 0 Å². The van der Waals surface area contributed by atoms with Crippen LogP contribution in [0.1, 0.15) is 0 Å². The van der Waals surface area contributed by atoms with Crippen molar-refractivity contribution in [3.8, 4) is 0 Å². The number of pyridine rings is 1. The van der Waals surface area contributed by atoms with E-state index in [2.05, 4.69) is 9.82 Å². The number of aromatic nitrogens is 2. The summed E-state index contributed by atoms with van der Waals surface area (Å²) in [5.41, 5.74) is 1.29. The Morgan fingerprint density at radius 2 is 2.11 bits per heavy atom. The highest BCUT2D eigenvalue weighted by molar-refractivity contribution is 7.94. The number of hydrogen-bond donors (Lipinski definition) is 1. The van der Waals surface area contributed by atoms with Crippen LogP contribution < -0.4 is 4.72 Å². The highest BCUT2D eigenvalue weighted by Crippen LogP contribution is 2.27. The summed E-state index contributed by atoms with van der Waals surface area (Å²) in [5, 5.41) is 4.04. The Balaban J connectivity index is 1.95. The number of sulfonamides is 1. The van der Waals surface area contributed by atoms with Gasteiger partial charge in [-0.3, -0.25) is 4.72 Å². The van der Waals surface area contributed by atoms with E-state index in [4.69, 9.17) is 11.6 Å². The Hall–Kier alpha value is -1.57. The Kier molecular flexibility index (Phi) is 2.96. The second kappa shape index (κ2) is 4.52. The van der Waals surface area contributed by atoms with Gasteiger partial charge in [-0.15, -0.1) is 11.3 Å². The van der Waals surface area contributed by atoms with E-state index < -0.39 is 10.0 Å². The molecule has 0 spiro atoms. The lowest BCUT2D eigenvalue weighted by atomic mass is 10.4. The largest absolute Gasteiger partial charge is 0.279 e. The highest BCUT2D eigenvalue weighted by Gasteiger charge is 2.16. The molecule has 0 fully saturated rings. The Bertz CT molecular complexity index is 838. The third-order valence-corrected chi connectivity index (χ3v) is 5.57. The Morgan fingerprint density at radius 3 is 2.84 bits per heavy atom. The molecular formula is C11H8ClN3O2S2. The van der Waals surface area contributed by atoms with Gasteiger partial charge in [-0.1, -0.05) is 11.6 Å². The van der Waals surface area contributed by atoms with Crippen LogP contribution in [-0.2, 0) is 10.0 Å².